The summed E-state index contributed by atoms with van der Waals surface area (Å²) >= 11 is 0. The Labute approximate surface area is 153 Å². The first kappa shape index (κ1) is 17.4. The number of carbonyl (C=O) groups excluding carboxylic acids is 1. The van der Waals surface area contributed by atoms with Crippen LogP contribution in [0.1, 0.15) is 27.9 Å². The number of nitriles is 1. The number of rotatable bonds is 6. The maximum absolute atomic E-state index is 12.5. The fraction of sp³-hybridized carbons (Fsp3) is 0.136. The minimum atomic E-state index is -0.0353. The lowest BCUT2D eigenvalue weighted by Gasteiger charge is -2.00. The fourth-order valence-corrected chi connectivity index (χ4v) is 2.76. The van der Waals surface area contributed by atoms with Crippen molar-refractivity contribution in [2.45, 2.75) is 19.9 Å². The molecule has 0 fully saturated rings. The zero-order valence-corrected chi connectivity index (χ0v) is 14.6. The van der Waals surface area contributed by atoms with Gasteiger partial charge in [0, 0.05) is 22.9 Å². The average Bonchev–Trinajstić information content (AvgIpc) is 3.08. The van der Waals surface area contributed by atoms with Gasteiger partial charge < -0.3 is 0 Å². The lowest BCUT2D eigenvalue weighted by molar-refractivity contribution is 0.104. The van der Waals surface area contributed by atoms with Gasteiger partial charge in [-0.1, -0.05) is 54.6 Å². The predicted octanol–water partition coefficient (Wildman–Crippen LogP) is 4.67. The van der Waals surface area contributed by atoms with E-state index in [1.54, 1.807) is 16.8 Å². The van der Waals surface area contributed by atoms with Crippen molar-refractivity contribution >= 4 is 11.9 Å². The highest BCUT2D eigenvalue weighted by Gasteiger charge is 2.10. The summed E-state index contributed by atoms with van der Waals surface area (Å²) in [5.74, 6) is -0.0353. The van der Waals surface area contributed by atoms with Gasteiger partial charge in [-0.15, -0.1) is 0 Å². The Bertz CT molecular complexity index is 978. The third-order valence-electron chi connectivity index (χ3n) is 4.11. The molecule has 0 saturated carbocycles. The number of carbonyl (C=O) groups is 1. The molecule has 0 amide bonds. The summed E-state index contributed by atoms with van der Waals surface area (Å²) in [7, 11) is 0. The number of benzene rings is 2. The van der Waals surface area contributed by atoms with Crippen molar-refractivity contribution in [2.75, 3.05) is 0 Å². The third-order valence-corrected chi connectivity index (χ3v) is 4.11. The molecule has 128 valence electrons. The third kappa shape index (κ3) is 3.96. The Kier molecular flexibility index (Phi) is 5.40. The van der Waals surface area contributed by atoms with Crippen LogP contribution in [0.15, 0.2) is 66.9 Å². The van der Waals surface area contributed by atoms with E-state index in [2.05, 4.69) is 11.2 Å². The van der Waals surface area contributed by atoms with Gasteiger partial charge in [0.25, 0.3) is 0 Å². The number of aryl methyl sites for hydroxylation is 2. The average molecular weight is 341 g/mol. The normalized spacial score (nSPS) is 10.8. The topological polar surface area (TPSA) is 58.7 Å². The van der Waals surface area contributed by atoms with E-state index in [4.69, 9.17) is 5.26 Å². The Morgan fingerprint density at radius 3 is 2.62 bits per heavy atom. The summed E-state index contributed by atoms with van der Waals surface area (Å²) in [5, 5.41) is 13.4. The Hall–Kier alpha value is -3.45. The second kappa shape index (κ2) is 8.09. The maximum atomic E-state index is 12.5. The van der Waals surface area contributed by atoms with Crippen LogP contribution in [0.5, 0.6) is 0 Å². The number of hydrogen-bond acceptors (Lipinski definition) is 3. The summed E-state index contributed by atoms with van der Waals surface area (Å²) in [4.78, 5) is 12.5. The molecule has 0 saturated heterocycles. The van der Waals surface area contributed by atoms with Crippen LogP contribution >= 0.6 is 0 Å². The molecule has 0 aliphatic heterocycles. The van der Waals surface area contributed by atoms with E-state index in [9.17, 15) is 4.79 Å². The SMILES string of the molecule is Cc1ccccc1C(=O)/C=C/c1cn(CCC#N)nc1-c1ccccc1. The van der Waals surface area contributed by atoms with Gasteiger partial charge in [0.2, 0.25) is 0 Å². The highest BCUT2D eigenvalue weighted by Crippen LogP contribution is 2.23. The van der Waals surface area contributed by atoms with E-state index in [0.717, 1.165) is 22.4 Å². The van der Waals surface area contributed by atoms with E-state index in [-0.39, 0.29) is 5.78 Å². The lowest BCUT2D eigenvalue weighted by Crippen LogP contribution is -1.97. The minimum Gasteiger partial charge on any atom is -0.289 e. The Balaban J connectivity index is 1.93. The minimum absolute atomic E-state index is 0.0353. The molecule has 1 heterocycles. The van der Waals surface area contributed by atoms with E-state index in [0.29, 0.717) is 18.5 Å². The number of aromatic nitrogens is 2. The van der Waals surface area contributed by atoms with E-state index in [1.807, 2.05) is 67.7 Å². The Morgan fingerprint density at radius 2 is 1.88 bits per heavy atom. The molecule has 0 spiro atoms. The van der Waals surface area contributed by atoms with Crippen molar-refractivity contribution in [3.8, 4) is 17.3 Å². The molecule has 1 aromatic heterocycles. The number of ketones is 1. The lowest BCUT2D eigenvalue weighted by atomic mass is 10.0. The van der Waals surface area contributed by atoms with Crippen LogP contribution in [0.25, 0.3) is 17.3 Å². The van der Waals surface area contributed by atoms with Crippen LogP contribution in [0.3, 0.4) is 0 Å². The van der Waals surface area contributed by atoms with Crippen LogP contribution in [-0.2, 0) is 6.54 Å². The van der Waals surface area contributed by atoms with E-state index in [1.165, 1.54) is 0 Å². The van der Waals surface area contributed by atoms with Crippen molar-refractivity contribution in [2.24, 2.45) is 0 Å². The molecule has 2 aromatic carbocycles. The van der Waals surface area contributed by atoms with Crippen LogP contribution in [0, 0.1) is 18.3 Å². The van der Waals surface area contributed by atoms with Gasteiger partial charge in [0.05, 0.1) is 24.7 Å². The van der Waals surface area contributed by atoms with E-state index < -0.39 is 0 Å². The standard InChI is InChI=1S/C22H19N3O/c1-17-8-5-6-11-20(17)21(26)13-12-19-16-25(15-7-14-23)24-22(19)18-9-3-2-4-10-18/h2-6,8-13,16H,7,15H2,1H3/b13-12+. The molecule has 0 bridgehead atoms. The monoisotopic (exact) mass is 341 g/mol. The van der Waals surface area contributed by atoms with Gasteiger partial charge >= 0.3 is 0 Å². The number of allylic oxidation sites excluding steroid dienone is 1. The smallest absolute Gasteiger partial charge is 0.186 e. The van der Waals surface area contributed by atoms with Crippen LogP contribution in [0.4, 0.5) is 0 Å². The van der Waals surface area contributed by atoms with Crippen molar-refractivity contribution < 1.29 is 4.79 Å². The molecule has 0 radical (unpaired) electrons. The van der Waals surface area contributed by atoms with Crippen LogP contribution < -0.4 is 0 Å². The second-order valence-corrected chi connectivity index (χ2v) is 5.98. The summed E-state index contributed by atoms with van der Waals surface area (Å²) in [6, 6.07) is 19.5. The molecule has 0 atom stereocenters. The van der Waals surface area contributed by atoms with Gasteiger partial charge in [0.15, 0.2) is 5.78 Å². The fourth-order valence-electron chi connectivity index (χ4n) is 2.76. The molecule has 26 heavy (non-hydrogen) atoms. The van der Waals surface area contributed by atoms with E-state index >= 15 is 0 Å². The molecule has 4 heteroatoms. The van der Waals surface area contributed by atoms with Crippen LogP contribution in [0.2, 0.25) is 0 Å². The summed E-state index contributed by atoms with van der Waals surface area (Å²) in [6.45, 7) is 2.45. The molecule has 0 aliphatic carbocycles. The number of hydrogen-bond donors (Lipinski definition) is 0. The molecule has 0 aliphatic rings. The highest BCUT2D eigenvalue weighted by atomic mass is 16.1. The quantitative estimate of drug-likeness (QED) is 0.483. The zero-order chi connectivity index (χ0) is 18.4. The molecule has 3 rings (SSSR count). The van der Waals surface area contributed by atoms with Gasteiger partial charge in [-0.25, -0.2) is 0 Å². The predicted molar refractivity (Wildman–Crippen MR) is 102 cm³/mol. The first-order chi connectivity index (χ1) is 12.7. The number of nitrogens with zero attached hydrogens (tertiary/aromatic N) is 3. The largest absolute Gasteiger partial charge is 0.289 e. The summed E-state index contributed by atoms with van der Waals surface area (Å²) in [6.07, 6.45) is 5.65. The molecule has 0 unspecified atom stereocenters. The van der Waals surface area contributed by atoms with Crippen molar-refractivity contribution in [1.82, 2.24) is 9.78 Å². The molecule has 4 nitrogen and oxygen atoms in total. The maximum Gasteiger partial charge on any atom is 0.186 e. The molecule has 0 N–H and O–H groups in total. The molecular weight excluding hydrogens is 322 g/mol. The highest BCUT2D eigenvalue weighted by molar-refractivity contribution is 6.08. The second-order valence-electron chi connectivity index (χ2n) is 5.98. The first-order valence-electron chi connectivity index (χ1n) is 8.47. The van der Waals surface area contributed by atoms with Crippen LogP contribution in [-0.4, -0.2) is 15.6 Å². The molecular formula is C22H19N3O. The summed E-state index contributed by atoms with van der Waals surface area (Å²) in [5.41, 5.74) is 4.29. The van der Waals surface area contributed by atoms with Crippen molar-refractivity contribution in [1.29, 1.82) is 5.26 Å². The van der Waals surface area contributed by atoms with Crippen molar-refractivity contribution in [3.63, 3.8) is 0 Å². The van der Waals surface area contributed by atoms with Gasteiger partial charge in [-0.2, -0.15) is 10.4 Å². The summed E-state index contributed by atoms with van der Waals surface area (Å²) < 4.78 is 1.75. The molecule has 3 aromatic rings. The van der Waals surface area contributed by atoms with Crippen molar-refractivity contribution in [3.05, 3.63) is 83.6 Å². The zero-order valence-electron chi connectivity index (χ0n) is 14.6. The first-order valence-corrected chi connectivity index (χ1v) is 8.47. The van der Waals surface area contributed by atoms with Gasteiger partial charge in [0.1, 0.15) is 0 Å². The van der Waals surface area contributed by atoms with Gasteiger partial charge in [-0.3, -0.25) is 9.48 Å². The Morgan fingerprint density at radius 1 is 1.15 bits per heavy atom. The van der Waals surface area contributed by atoms with Gasteiger partial charge in [-0.05, 0) is 24.6 Å².